The molecule has 1 aliphatic rings. The van der Waals surface area contributed by atoms with Crippen molar-refractivity contribution in [2.45, 2.75) is 32.7 Å². The van der Waals surface area contributed by atoms with Crippen LogP contribution in [0.2, 0.25) is 0 Å². The fraction of sp³-hybridized carbons (Fsp3) is 0.750. The van der Waals surface area contributed by atoms with E-state index >= 15 is 0 Å². The first-order valence-electron chi connectivity index (χ1n) is 4.41. The first-order chi connectivity index (χ1) is 6.20. The molecule has 1 saturated heterocycles. The van der Waals surface area contributed by atoms with E-state index in [9.17, 15) is 12.9 Å². The summed E-state index contributed by atoms with van der Waals surface area (Å²) < 4.78 is 46.6. The van der Waals surface area contributed by atoms with Crippen LogP contribution in [-0.2, 0) is 9.47 Å². The molecule has 0 aromatic rings. The monoisotopic (exact) mass is 248 g/mol. The molecule has 1 atom stereocenters. The second-order valence-corrected chi connectivity index (χ2v) is 3.85. The normalized spacial score (nSPS) is 26.3. The molecule has 2 nitrogen and oxygen atoms in total. The summed E-state index contributed by atoms with van der Waals surface area (Å²) in [6.07, 6.45) is -0.575. The van der Waals surface area contributed by atoms with Gasteiger partial charge in [0.15, 0.2) is 5.79 Å². The molecule has 7 heteroatoms. The van der Waals surface area contributed by atoms with Gasteiger partial charge >= 0.3 is 58.4 Å². The van der Waals surface area contributed by atoms with Crippen molar-refractivity contribution in [3.8, 4) is 0 Å². The van der Waals surface area contributed by atoms with E-state index in [2.05, 4.69) is 0 Å². The Morgan fingerprint density at radius 2 is 1.93 bits per heavy atom. The predicted molar refractivity (Wildman–Crippen MR) is 47.7 cm³/mol. The maximum absolute atomic E-state index is 12.0. The van der Waals surface area contributed by atoms with Gasteiger partial charge < -0.3 is 22.4 Å². The molecule has 1 aliphatic heterocycles. The molecular weight excluding hydrogens is 235 g/mol. The zero-order chi connectivity index (χ0) is 11.0. The summed E-state index contributed by atoms with van der Waals surface area (Å²) in [6, 6.07) is 0. The van der Waals surface area contributed by atoms with E-state index in [1.807, 2.05) is 0 Å². The average Bonchev–Trinajstić information content (AvgIpc) is 2.26. The van der Waals surface area contributed by atoms with Crippen LogP contribution in [0.4, 0.5) is 12.9 Å². The van der Waals surface area contributed by atoms with E-state index in [0.717, 1.165) is 0 Å². The van der Waals surface area contributed by atoms with E-state index in [1.165, 1.54) is 6.92 Å². The maximum Gasteiger partial charge on any atom is 1.00 e. The van der Waals surface area contributed by atoms with Crippen LogP contribution < -0.4 is 51.4 Å². The molecule has 0 saturated carbocycles. The quantitative estimate of drug-likeness (QED) is 0.612. The van der Waals surface area contributed by atoms with Gasteiger partial charge in [-0.05, 0) is 20.8 Å². The topological polar surface area (TPSA) is 18.5 Å². The summed E-state index contributed by atoms with van der Waals surface area (Å²) in [4.78, 5) is 0. The van der Waals surface area contributed by atoms with Gasteiger partial charge in [0.1, 0.15) is 6.10 Å². The fourth-order valence-electron chi connectivity index (χ4n) is 1.32. The molecule has 1 rings (SSSR count). The zero-order valence-electron chi connectivity index (χ0n) is 9.39. The van der Waals surface area contributed by atoms with Gasteiger partial charge in [-0.2, -0.15) is 0 Å². The van der Waals surface area contributed by atoms with Gasteiger partial charge in [-0.3, -0.25) is 0 Å². The Hall–Kier alpha value is 1.15. The van der Waals surface area contributed by atoms with Crippen molar-refractivity contribution < 1.29 is 73.8 Å². The van der Waals surface area contributed by atoms with E-state index < -0.39 is 18.9 Å². The van der Waals surface area contributed by atoms with Gasteiger partial charge in [0.05, 0.1) is 6.61 Å². The van der Waals surface area contributed by atoms with Crippen LogP contribution in [0.1, 0.15) is 20.8 Å². The molecular formula is C8H13BF3KO2. The third-order valence-electron chi connectivity index (χ3n) is 1.97. The number of rotatable bonds is 2. The van der Waals surface area contributed by atoms with Crippen molar-refractivity contribution in [1.29, 1.82) is 0 Å². The Morgan fingerprint density at radius 1 is 1.40 bits per heavy atom. The summed E-state index contributed by atoms with van der Waals surface area (Å²) in [5.74, 6) is -0.464. The molecule has 0 radical (unpaired) electrons. The third-order valence-corrected chi connectivity index (χ3v) is 1.97. The van der Waals surface area contributed by atoms with Crippen molar-refractivity contribution in [1.82, 2.24) is 0 Å². The van der Waals surface area contributed by atoms with Gasteiger partial charge in [-0.25, -0.2) is 0 Å². The first kappa shape index (κ1) is 16.2. The van der Waals surface area contributed by atoms with Crippen molar-refractivity contribution in [3.63, 3.8) is 0 Å². The van der Waals surface area contributed by atoms with Crippen LogP contribution in [-0.4, -0.2) is 25.5 Å². The molecule has 0 aromatic carbocycles. The summed E-state index contributed by atoms with van der Waals surface area (Å²) >= 11 is 0. The predicted octanol–water partition coefficient (Wildman–Crippen LogP) is -0.525. The van der Waals surface area contributed by atoms with E-state index in [4.69, 9.17) is 9.47 Å². The minimum absolute atomic E-state index is 0. The van der Waals surface area contributed by atoms with Crippen LogP contribution in [0.25, 0.3) is 0 Å². The first-order valence-corrected chi connectivity index (χ1v) is 4.41. The molecule has 0 bridgehead atoms. The van der Waals surface area contributed by atoms with Crippen LogP contribution >= 0.6 is 0 Å². The second-order valence-electron chi connectivity index (χ2n) is 3.85. The zero-order valence-corrected chi connectivity index (χ0v) is 12.5. The van der Waals surface area contributed by atoms with Crippen LogP contribution in [0.15, 0.2) is 11.5 Å². The summed E-state index contributed by atoms with van der Waals surface area (Å²) in [7, 11) is 0. The van der Waals surface area contributed by atoms with Crippen molar-refractivity contribution in [2.75, 3.05) is 6.61 Å². The van der Waals surface area contributed by atoms with Gasteiger partial charge in [-0.15, -0.1) is 5.98 Å². The molecule has 0 unspecified atom stereocenters. The number of halogens is 3. The molecule has 15 heavy (non-hydrogen) atoms. The van der Waals surface area contributed by atoms with E-state index in [0.29, 0.717) is 5.98 Å². The fourth-order valence-corrected chi connectivity index (χ4v) is 1.32. The SMILES string of the molecule is C/C(=C\[B-](F)(F)F)[C@H]1COC(C)(C)O1.[K+]. The van der Waals surface area contributed by atoms with Crippen molar-refractivity contribution in [2.24, 2.45) is 0 Å². The Kier molecular flexibility index (Phi) is 6.10. The molecule has 0 spiro atoms. The molecule has 0 aromatic heterocycles. The Bertz CT molecular complexity index is 253. The molecule has 82 valence electrons. The molecule has 1 fully saturated rings. The van der Waals surface area contributed by atoms with E-state index in [1.54, 1.807) is 13.8 Å². The smallest absolute Gasteiger partial charge is 0.445 e. The van der Waals surface area contributed by atoms with Crippen molar-refractivity contribution in [3.05, 3.63) is 11.5 Å². The Morgan fingerprint density at radius 3 is 2.27 bits per heavy atom. The minimum atomic E-state index is -4.89. The molecule has 0 amide bonds. The number of hydrogen-bond acceptors (Lipinski definition) is 2. The van der Waals surface area contributed by atoms with Gasteiger partial charge in [-0.1, -0.05) is 5.57 Å². The van der Waals surface area contributed by atoms with Gasteiger partial charge in [0.25, 0.3) is 0 Å². The maximum atomic E-state index is 12.0. The summed E-state index contributed by atoms with van der Waals surface area (Å²) in [5, 5.41) is 0. The molecule has 1 heterocycles. The van der Waals surface area contributed by atoms with Crippen LogP contribution in [0.3, 0.4) is 0 Å². The Balaban J connectivity index is 0.00000196. The number of ether oxygens (including phenoxy) is 2. The van der Waals surface area contributed by atoms with Crippen LogP contribution in [0, 0.1) is 0 Å². The van der Waals surface area contributed by atoms with Crippen molar-refractivity contribution >= 4 is 6.98 Å². The number of hydrogen-bond donors (Lipinski definition) is 0. The average molecular weight is 248 g/mol. The Labute approximate surface area is 130 Å². The molecule has 0 N–H and O–H groups in total. The third kappa shape index (κ3) is 5.86. The summed E-state index contributed by atoms with van der Waals surface area (Å²) in [5.41, 5.74) is 0.170. The molecule has 0 aliphatic carbocycles. The largest absolute Gasteiger partial charge is 1.00 e. The van der Waals surface area contributed by atoms with Gasteiger partial charge in [0.2, 0.25) is 0 Å². The minimum Gasteiger partial charge on any atom is -0.445 e. The van der Waals surface area contributed by atoms with Gasteiger partial charge in [0, 0.05) is 0 Å². The second kappa shape index (κ2) is 5.66. The van der Waals surface area contributed by atoms with Crippen LogP contribution in [0.5, 0.6) is 0 Å². The van der Waals surface area contributed by atoms with E-state index in [-0.39, 0.29) is 63.6 Å². The summed E-state index contributed by atoms with van der Waals surface area (Å²) in [6.45, 7) is 0.0540. The standard InChI is InChI=1S/C8H13BF3O2.K/c1-6(4-9(10,11)12)7-5-13-8(2,3)14-7;/h4,7H,5H2,1-3H3;/q-1;+1/b6-4+;/t7-;/m1./s1.